The maximum absolute atomic E-state index is 11.3. The predicted molar refractivity (Wildman–Crippen MR) is 65.3 cm³/mol. The van der Waals surface area contributed by atoms with E-state index in [-0.39, 0.29) is 12.3 Å². The van der Waals surface area contributed by atoms with E-state index < -0.39 is 20.8 Å². The molecule has 0 rings (SSSR count). The molecule has 0 heterocycles. The third-order valence-corrected chi connectivity index (χ3v) is 4.81. The Labute approximate surface area is 99.3 Å². The fourth-order valence-corrected chi connectivity index (χ4v) is 2.99. The van der Waals surface area contributed by atoms with Gasteiger partial charge in [-0.3, -0.25) is 4.21 Å². The summed E-state index contributed by atoms with van der Waals surface area (Å²) >= 11 is 5.44. The molecule has 0 fully saturated rings. The lowest BCUT2D eigenvalue weighted by molar-refractivity contribution is 0.580. The number of sulfonamides is 1. The highest BCUT2D eigenvalue weighted by atomic mass is 35.5. The first kappa shape index (κ1) is 15.3. The summed E-state index contributed by atoms with van der Waals surface area (Å²) in [5.41, 5.74) is 0. The molecule has 0 saturated heterocycles. The van der Waals surface area contributed by atoms with Gasteiger partial charge in [-0.1, -0.05) is 6.92 Å². The zero-order valence-electron chi connectivity index (χ0n) is 8.87. The average Bonchev–Trinajstić information content (AvgIpc) is 2.17. The molecule has 7 heteroatoms. The minimum atomic E-state index is -3.20. The number of unbranched alkanes of at least 4 members (excludes halogenated alkanes) is 1. The SMILES string of the molecule is CCS(=O)CCNS(=O)(=O)CCCCCl. The van der Waals surface area contributed by atoms with Crippen LogP contribution in [0.3, 0.4) is 0 Å². The number of hydrogen-bond acceptors (Lipinski definition) is 3. The van der Waals surface area contributed by atoms with E-state index in [0.29, 0.717) is 30.2 Å². The van der Waals surface area contributed by atoms with Crippen molar-refractivity contribution < 1.29 is 12.6 Å². The van der Waals surface area contributed by atoms with Crippen molar-refractivity contribution in [3.8, 4) is 0 Å². The maximum Gasteiger partial charge on any atom is 0.211 e. The smallest absolute Gasteiger partial charge is 0.211 e. The van der Waals surface area contributed by atoms with Gasteiger partial charge in [0, 0.05) is 34.7 Å². The van der Waals surface area contributed by atoms with Crippen LogP contribution in [-0.2, 0) is 20.8 Å². The Hall–Kier alpha value is 0.350. The molecule has 0 aromatic heterocycles. The van der Waals surface area contributed by atoms with Crippen LogP contribution in [0.4, 0.5) is 0 Å². The zero-order valence-corrected chi connectivity index (χ0v) is 11.3. The number of alkyl halides is 1. The molecule has 0 aromatic carbocycles. The molecule has 92 valence electrons. The molecule has 0 amide bonds. The van der Waals surface area contributed by atoms with Crippen LogP contribution in [0.1, 0.15) is 19.8 Å². The van der Waals surface area contributed by atoms with Crippen molar-refractivity contribution in [3.63, 3.8) is 0 Å². The van der Waals surface area contributed by atoms with E-state index in [4.69, 9.17) is 11.6 Å². The summed E-state index contributed by atoms with van der Waals surface area (Å²) in [4.78, 5) is 0. The van der Waals surface area contributed by atoms with Crippen molar-refractivity contribution in [1.82, 2.24) is 4.72 Å². The fraction of sp³-hybridized carbons (Fsp3) is 1.00. The van der Waals surface area contributed by atoms with E-state index in [1.54, 1.807) is 0 Å². The second kappa shape index (κ2) is 8.50. The maximum atomic E-state index is 11.3. The Kier molecular flexibility index (Phi) is 8.69. The minimum Gasteiger partial charge on any atom is -0.260 e. The van der Waals surface area contributed by atoms with Crippen LogP contribution in [0.2, 0.25) is 0 Å². The van der Waals surface area contributed by atoms with Crippen molar-refractivity contribution in [1.29, 1.82) is 0 Å². The quantitative estimate of drug-likeness (QED) is 0.498. The molecule has 0 bridgehead atoms. The molecule has 1 atom stereocenters. The molecule has 15 heavy (non-hydrogen) atoms. The van der Waals surface area contributed by atoms with Gasteiger partial charge in [-0.2, -0.15) is 0 Å². The highest BCUT2D eigenvalue weighted by Crippen LogP contribution is 1.96. The van der Waals surface area contributed by atoms with E-state index >= 15 is 0 Å². The van der Waals surface area contributed by atoms with E-state index in [2.05, 4.69) is 4.72 Å². The van der Waals surface area contributed by atoms with Crippen LogP contribution in [0.25, 0.3) is 0 Å². The van der Waals surface area contributed by atoms with Gasteiger partial charge in [-0.15, -0.1) is 11.6 Å². The van der Waals surface area contributed by atoms with Gasteiger partial charge in [-0.25, -0.2) is 13.1 Å². The molecule has 0 aliphatic rings. The Morgan fingerprint density at radius 2 is 2.00 bits per heavy atom. The summed E-state index contributed by atoms with van der Waals surface area (Å²) in [5, 5.41) is 0. The summed E-state index contributed by atoms with van der Waals surface area (Å²) in [6.45, 7) is 2.06. The molecule has 0 aromatic rings. The van der Waals surface area contributed by atoms with Crippen LogP contribution < -0.4 is 4.72 Å². The fourth-order valence-electron chi connectivity index (χ4n) is 0.914. The third-order valence-electron chi connectivity index (χ3n) is 1.77. The Bertz CT molecular complexity index is 280. The molecular formula is C8H18ClNO3S2. The van der Waals surface area contributed by atoms with Gasteiger partial charge in [0.15, 0.2) is 0 Å². The van der Waals surface area contributed by atoms with Crippen LogP contribution in [0.15, 0.2) is 0 Å². The Balaban J connectivity index is 3.70. The van der Waals surface area contributed by atoms with Crippen molar-refractivity contribution in [2.75, 3.05) is 29.7 Å². The minimum absolute atomic E-state index is 0.0957. The van der Waals surface area contributed by atoms with Crippen LogP contribution in [-0.4, -0.2) is 42.3 Å². The molecule has 0 aliphatic carbocycles. The topological polar surface area (TPSA) is 63.2 Å². The standard InChI is InChI=1S/C8H18ClNO3S2/c1-2-14(11)7-6-10-15(12,13)8-4-3-5-9/h10H,2-8H2,1H3. The number of nitrogens with one attached hydrogen (secondary N) is 1. The normalized spacial score (nSPS) is 14.0. The summed E-state index contributed by atoms with van der Waals surface area (Å²) in [7, 11) is -4.12. The first-order chi connectivity index (χ1) is 7.02. The largest absolute Gasteiger partial charge is 0.260 e. The number of rotatable bonds is 9. The van der Waals surface area contributed by atoms with Crippen LogP contribution in [0, 0.1) is 0 Å². The second-order valence-electron chi connectivity index (χ2n) is 3.04. The van der Waals surface area contributed by atoms with E-state index in [1.807, 2.05) is 6.92 Å². The zero-order chi connectivity index (χ0) is 11.7. The molecule has 4 nitrogen and oxygen atoms in total. The van der Waals surface area contributed by atoms with Gasteiger partial charge in [-0.05, 0) is 12.8 Å². The Morgan fingerprint density at radius 1 is 1.33 bits per heavy atom. The van der Waals surface area contributed by atoms with Crippen LogP contribution >= 0.6 is 11.6 Å². The molecule has 0 radical (unpaired) electrons. The van der Waals surface area contributed by atoms with Gasteiger partial charge in [0.05, 0.1) is 5.75 Å². The second-order valence-corrected chi connectivity index (χ2v) is 7.21. The van der Waals surface area contributed by atoms with Gasteiger partial charge in [0.1, 0.15) is 0 Å². The predicted octanol–water partition coefficient (Wildman–Crippen LogP) is 0.693. The molecule has 0 saturated carbocycles. The van der Waals surface area contributed by atoms with Gasteiger partial charge >= 0.3 is 0 Å². The van der Waals surface area contributed by atoms with Crippen molar-refractivity contribution >= 4 is 32.4 Å². The van der Waals surface area contributed by atoms with Gasteiger partial charge < -0.3 is 0 Å². The van der Waals surface area contributed by atoms with Gasteiger partial charge in [0.25, 0.3) is 0 Å². The van der Waals surface area contributed by atoms with E-state index in [0.717, 1.165) is 0 Å². The summed E-state index contributed by atoms with van der Waals surface area (Å²) in [5.74, 6) is 1.52. The van der Waals surface area contributed by atoms with Crippen molar-refractivity contribution in [3.05, 3.63) is 0 Å². The lowest BCUT2D eigenvalue weighted by atomic mass is 10.4. The first-order valence-corrected chi connectivity index (χ1v) is 8.57. The molecule has 1 N–H and O–H groups in total. The molecule has 0 aliphatic heterocycles. The molecule has 0 spiro atoms. The molecular weight excluding hydrogens is 258 g/mol. The number of hydrogen-bond donors (Lipinski definition) is 1. The van der Waals surface area contributed by atoms with E-state index in [9.17, 15) is 12.6 Å². The van der Waals surface area contributed by atoms with Gasteiger partial charge in [0.2, 0.25) is 10.0 Å². The van der Waals surface area contributed by atoms with Crippen molar-refractivity contribution in [2.45, 2.75) is 19.8 Å². The lowest BCUT2D eigenvalue weighted by Gasteiger charge is -2.05. The summed E-state index contributed by atoms with van der Waals surface area (Å²) < 4.78 is 36.1. The summed E-state index contributed by atoms with van der Waals surface area (Å²) in [6.07, 6.45) is 1.26. The average molecular weight is 276 g/mol. The monoisotopic (exact) mass is 275 g/mol. The lowest BCUT2D eigenvalue weighted by Crippen LogP contribution is -2.30. The first-order valence-electron chi connectivity index (χ1n) is 4.90. The van der Waals surface area contributed by atoms with E-state index in [1.165, 1.54) is 0 Å². The highest BCUT2D eigenvalue weighted by molar-refractivity contribution is 7.89. The third kappa shape index (κ3) is 9.29. The summed E-state index contributed by atoms with van der Waals surface area (Å²) in [6, 6.07) is 0. The molecule has 1 unspecified atom stereocenters. The number of halogens is 1. The highest BCUT2D eigenvalue weighted by Gasteiger charge is 2.09. The van der Waals surface area contributed by atoms with Crippen molar-refractivity contribution in [2.24, 2.45) is 0 Å². The van der Waals surface area contributed by atoms with Crippen LogP contribution in [0.5, 0.6) is 0 Å². The Morgan fingerprint density at radius 3 is 2.53 bits per heavy atom.